The monoisotopic (exact) mass is 389 g/mol. The van der Waals surface area contributed by atoms with E-state index >= 15 is 0 Å². The van der Waals surface area contributed by atoms with Crippen LogP contribution in [0.15, 0.2) is 48.2 Å². The van der Waals surface area contributed by atoms with E-state index in [-0.39, 0.29) is 11.6 Å². The van der Waals surface area contributed by atoms with E-state index in [1.807, 2.05) is 5.38 Å². The van der Waals surface area contributed by atoms with Crippen molar-refractivity contribution in [1.82, 2.24) is 15.0 Å². The maximum atomic E-state index is 12.1. The summed E-state index contributed by atoms with van der Waals surface area (Å²) >= 11 is 1.28. The number of benzene rings is 1. The molecule has 10 heteroatoms. The molecule has 0 aliphatic heterocycles. The molecule has 134 valence electrons. The molecule has 26 heavy (non-hydrogen) atoms. The SMILES string of the molecule is CN(c1ccc(-c2csc(NC(=O)c3cnccn3)n2)cc1)S(C)(=O)=O. The van der Waals surface area contributed by atoms with Crippen LogP contribution >= 0.6 is 11.3 Å². The average Bonchev–Trinajstić information content (AvgIpc) is 3.09. The Hall–Kier alpha value is -2.85. The van der Waals surface area contributed by atoms with Gasteiger partial charge in [-0.3, -0.25) is 19.4 Å². The molecule has 8 nitrogen and oxygen atoms in total. The van der Waals surface area contributed by atoms with Crippen molar-refractivity contribution >= 4 is 38.1 Å². The van der Waals surface area contributed by atoms with Gasteiger partial charge < -0.3 is 0 Å². The predicted molar refractivity (Wildman–Crippen MR) is 101 cm³/mol. The molecule has 0 saturated carbocycles. The number of sulfonamides is 1. The lowest BCUT2D eigenvalue weighted by Crippen LogP contribution is -2.24. The van der Waals surface area contributed by atoms with Crippen LogP contribution in [0.2, 0.25) is 0 Å². The zero-order chi connectivity index (χ0) is 18.7. The fourth-order valence-electron chi connectivity index (χ4n) is 2.07. The zero-order valence-corrected chi connectivity index (χ0v) is 15.6. The minimum atomic E-state index is -3.31. The number of nitrogens with one attached hydrogen (secondary N) is 1. The largest absolute Gasteiger partial charge is 0.296 e. The van der Waals surface area contributed by atoms with Gasteiger partial charge in [-0.1, -0.05) is 12.1 Å². The summed E-state index contributed by atoms with van der Waals surface area (Å²) in [6, 6.07) is 6.96. The van der Waals surface area contributed by atoms with Gasteiger partial charge in [0, 0.05) is 30.4 Å². The van der Waals surface area contributed by atoms with E-state index in [0.717, 1.165) is 11.8 Å². The van der Waals surface area contributed by atoms with Crippen molar-refractivity contribution in [2.45, 2.75) is 0 Å². The van der Waals surface area contributed by atoms with Crippen molar-refractivity contribution in [3.8, 4) is 11.3 Å². The van der Waals surface area contributed by atoms with Crippen LogP contribution in [0.4, 0.5) is 10.8 Å². The van der Waals surface area contributed by atoms with Gasteiger partial charge in [0.2, 0.25) is 10.0 Å². The molecule has 0 radical (unpaired) electrons. The van der Waals surface area contributed by atoms with Crippen molar-refractivity contribution in [3.63, 3.8) is 0 Å². The maximum absolute atomic E-state index is 12.1. The summed E-state index contributed by atoms with van der Waals surface area (Å²) in [5.74, 6) is -0.385. The van der Waals surface area contributed by atoms with Crippen LogP contribution in [0.1, 0.15) is 10.5 Å². The summed E-state index contributed by atoms with van der Waals surface area (Å²) < 4.78 is 24.3. The summed E-state index contributed by atoms with van der Waals surface area (Å²) in [7, 11) is -1.81. The number of nitrogens with zero attached hydrogens (tertiary/aromatic N) is 4. The predicted octanol–water partition coefficient (Wildman–Crippen LogP) is 2.25. The second kappa shape index (κ2) is 7.18. The third kappa shape index (κ3) is 4.03. The van der Waals surface area contributed by atoms with E-state index in [1.165, 1.54) is 41.3 Å². The molecular formula is C16H15N5O3S2. The molecule has 0 fully saturated rings. The highest BCUT2D eigenvalue weighted by Gasteiger charge is 2.13. The zero-order valence-electron chi connectivity index (χ0n) is 13.9. The third-order valence-corrected chi connectivity index (χ3v) is 5.51. The number of thiazole rings is 1. The molecule has 2 aromatic heterocycles. The summed E-state index contributed by atoms with van der Waals surface area (Å²) in [5.41, 5.74) is 2.25. The van der Waals surface area contributed by atoms with E-state index in [0.29, 0.717) is 16.5 Å². The number of amides is 1. The number of carbonyl (C=O) groups excluding carboxylic acids is 1. The molecule has 0 bridgehead atoms. The molecule has 3 rings (SSSR count). The maximum Gasteiger partial charge on any atom is 0.277 e. The Balaban J connectivity index is 1.75. The first kappa shape index (κ1) is 18.0. The van der Waals surface area contributed by atoms with Crippen molar-refractivity contribution < 1.29 is 13.2 Å². The van der Waals surface area contributed by atoms with Crippen molar-refractivity contribution in [2.75, 3.05) is 22.9 Å². The van der Waals surface area contributed by atoms with Gasteiger partial charge in [-0.05, 0) is 12.1 Å². The molecule has 1 N–H and O–H groups in total. The van der Waals surface area contributed by atoms with E-state index in [4.69, 9.17) is 0 Å². The number of hydrogen-bond acceptors (Lipinski definition) is 7. The Labute approximate surface area is 154 Å². The Morgan fingerprint density at radius 2 is 1.92 bits per heavy atom. The second-order valence-corrected chi connectivity index (χ2v) is 8.23. The van der Waals surface area contributed by atoms with Gasteiger partial charge in [-0.2, -0.15) is 0 Å². The summed E-state index contributed by atoms with van der Waals surface area (Å²) in [5, 5.41) is 4.92. The summed E-state index contributed by atoms with van der Waals surface area (Å²) in [6.45, 7) is 0. The van der Waals surface area contributed by atoms with Crippen LogP contribution in [-0.4, -0.2) is 42.6 Å². The first-order valence-electron chi connectivity index (χ1n) is 7.42. The molecule has 1 amide bonds. The highest BCUT2D eigenvalue weighted by molar-refractivity contribution is 7.92. The van der Waals surface area contributed by atoms with Gasteiger partial charge >= 0.3 is 0 Å². The van der Waals surface area contributed by atoms with E-state index in [2.05, 4.69) is 20.3 Å². The van der Waals surface area contributed by atoms with Crippen LogP contribution in [0.5, 0.6) is 0 Å². The highest BCUT2D eigenvalue weighted by Crippen LogP contribution is 2.27. The molecule has 2 heterocycles. The van der Waals surface area contributed by atoms with Crippen LogP contribution in [0, 0.1) is 0 Å². The quantitative estimate of drug-likeness (QED) is 0.717. The topological polar surface area (TPSA) is 105 Å². The average molecular weight is 389 g/mol. The Morgan fingerprint density at radius 3 is 2.54 bits per heavy atom. The smallest absolute Gasteiger partial charge is 0.277 e. The summed E-state index contributed by atoms with van der Waals surface area (Å²) in [4.78, 5) is 24.2. The first-order chi connectivity index (χ1) is 12.3. The lowest BCUT2D eigenvalue weighted by atomic mass is 10.1. The fraction of sp³-hybridized carbons (Fsp3) is 0.125. The van der Waals surface area contributed by atoms with Crippen molar-refractivity contribution in [3.05, 3.63) is 53.9 Å². The molecular weight excluding hydrogens is 374 g/mol. The molecule has 0 saturated heterocycles. The normalized spacial score (nSPS) is 11.2. The standard InChI is InChI=1S/C16H15N5O3S2/c1-21(26(2,23)24)12-5-3-11(4-6-12)14-10-25-16(19-14)20-15(22)13-9-17-7-8-18-13/h3-10H,1-2H3,(H,19,20,22). The van der Waals surface area contributed by atoms with Crippen molar-refractivity contribution in [2.24, 2.45) is 0 Å². The van der Waals surface area contributed by atoms with E-state index < -0.39 is 10.0 Å². The molecule has 0 aliphatic carbocycles. The Bertz CT molecular complexity index is 1020. The first-order valence-corrected chi connectivity index (χ1v) is 10.1. The van der Waals surface area contributed by atoms with E-state index in [9.17, 15) is 13.2 Å². The minimum Gasteiger partial charge on any atom is -0.296 e. The molecule has 1 aromatic carbocycles. The Kier molecular flexibility index (Phi) is 4.96. The number of rotatable bonds is 5. The van der Waals surface area contributed by atoms with Gasteiger partial charge in [-0.15, -0.1) is 11.3 Å². The van der Waals surface area contributed by atoms with Gasteiger partial charge in [-0.25, -0.2) is 18.4 Å². The molecule has 0 unspecified atom stereocenters. The van der Waals surface area contributed by atoms with Crippen LogP contribution in [0.3, 0.4) is 0 Å². The Morgan fingerprint density at radius 1 is 1.19 bits per heavy atom. The van der Waals surface area contributed by atoms with Crippen LogP contribution < -0.4 is 9.62 Å². The third-order valence-electron chi connectivity index (χ3n) is 3.54. The summed E-state index contributed by atoms with van der Waals surface area (Å²) in [6.07, 6.45) is 5.45. The van der Waals surface area contributed by atoms with Crippen molar-refractivity contribution in [1.29, 1.82) is 0 Å². The lowest BCUT2D eigenvalue weighted by Gasteiger charge is -2.16. The highest BCUT2D eigenvalue weighted by atomic mass is 32.2. The van der Waals surface area contributed by atoms with Crippen LogP contribution in [0.25, 0.3) is 11.3 Å². The number of hydrogen-bond donors (Lipinski definition) is 1. The lowest BCUT2D eigenvalue weighted by molar-refractivity contribution is 0.102. The molecule has 0 spiro atoms. The number of aromatic nitrogens is 3. The molecule has 3 aromatic rings. The van der Waals surface area contributed by atoms with E-state index in [1.54, 1.807) is 24.3 Å². The van der Waals surface area contributed by atoms with Crippen LogP contribution in [-0.2, 0) is 10.0 Å². The fourth-order valence-corrected chi connectivity index (χ4v) is 3.29. The van der Waals surface area contributed by atoms with Gasteiger partial charge in [0.25, 0.3) is 5.91 Å². The number of carbonyl (C=O) groups is 1. The second-order valence-electron chi connectivity index (χ2n) is 5.36. The molecule has 0 aliphatic rings. The van der Waals surface area contributed by atoms with Gasteiger partial charge in [0.05, 0.1) is 23.8 Å². The van der Waals surface area contributed by atoms with Gasteiger partial charge in [0.15, 0.2) is 5.13 Å². The van der Waals surface area contributed by atoms with Gasteiger partial charge in [0.1, 0.15) is 5.69 Å². The minimum absolute atomic E-state index is 0.206. The number of anilines is 2. The molecule has 0 atom stereocenters.